The van der Waals surface area contributed by atoms with Crippen LogP contribution in [0, 0.1) is 5.92 Å². The highest BCUT2D eigenvalue weighted by molar-refractivity contribution is 5.85. The van der Waals surface area contributed by atoms with Crippen LogP contribution in [-0.4, -0.2) is 42.4 Å². The zero-order valence-electron chi connectivity index (χ0n) is 11.3. The van der Waals surface area contributed by atoms with Gasteiger partial charge in [0.05, 0.1) is 6.04 Å². The minimum Gasteiger partial charge on any atom is -0.370 e. The molecule has 0 saturated carbocycles. The molecule has 2 aliphatic heterocycles. The van der Waals surface area contributed by atoms with Crippen molar-refractivity contribution < 1.29 is 9.59 Å². The summed E-state index contributed by atoms with van der Waals surface area (Å²) in [4.78, 5) is 25.1. The molecule has 110 valence electrons. The molecular weight excluding hydrogens is 266 g/mol. The lowest BCUT2D eigenvalue weighted by molar-refractivity contribution is -0.135. The van der Waals surface area contributed by atoms with E-state index in [0.29, 0.717) is 12.3 Å². The van der Waals surface area contributed by atoms with E-state index in [4.69, 9.17) is 5.73 Å². The lowest BCUT2D eigenvalue weighted by atomic mass is 9.92. The number of carbonyl (C=O) groups is 2. The average molecular weight is 290 g/mol. The highest BCUT2D eigenvalue weighted by Gasteiger charge is 2.29. The average Bonchev–Trinajstić information content (AvgIpc) is 2.39. The van der Waals surface area contributed by atoms with Crippen LogP contribution < -0.4 is 11.1 Å². The van der Waals surface area contributed by atoms with Crippen LogP contribution in [0.2, 0.25) is 0 Å². The van der Waals surface area contributed by atoms with Crippen molar-refractivity contribution >= 4 is 24.2 Å². The van der Waals surface area contributed by atoms with Gasteiger partial charge in [0, 0.05) is 19.5 Å². The van der Waals surface area contributed by atoms with Gasteiger partial charge in [0.15, 0.2) is 0 Å². The van der Waals surface area contributed by atoms with Crippen LogP contribution in [0.15, 0.2) is 0 Å². The van der Waals surface area contributed by atoms with Crippen molar-refractivity contribution in [3.63, 3.8) is 0 Å². The van der Waals surface area contributed by atoms with Crippen molar-refractivity contribution in [2.45, 2.75) is 44.6 Å². The second-order valence-corrected chi connectivity index (χ2v) is 5.44. The quantitative estimate of drug-likeness (QED) is 0.802. The summed E-state index contributed by atoms with van der Waals surface area (Å²) in [5.41, 5.74) is 5.21. The molecule has 0 bridgehead atoms. The van der Waals surface area contributed by atoms with E-state index in [2.05, 4.69) is 5.32 Å². The topological polar surface area (TPSA) is 75.4 Å². The molecular formula is C13H24ClN3O2. The van der Waals surface area contributed by atoms with Gasteiger partial charge in [0.1, 0.15) is 0 Å². The Morgan fingerprint density at radius 3 is 2.37 bits per heavy atom. The summed E-state index contributed by atoms with van der Waals surface area (Å²) in [6.45, 7) is 2.50. The fraction of sp³-hybridized carbons (Fsp3) is 0.846. The molecule has 2 rings (SSSR count). The van der Waals surface area contributed by atoms with Crippen LogP contribution >= 0.6 is 12.4 Å². The third kappa shape index (κ3) is 4.66. The van der Waals surface area contributed by atoms with E-state index in [0.717, 1.165) is 45.3 Å². The van der Waals surface area contributed by atoms with E-state index in [-0.39, 0.29) is 30.3 Å². The Balaban J connectivity index is 0.00000180. The molecule has 2 heterocycles. The number of nitrogens with one attached hydrogen (secondary N) is 1. The van der Waals surface area contributed by atoms with Crippen LogP contribution in [-0.2, 0) is 9.59 Å². The Morgan fingerprint density at radius 1 is 1.16 bits per heavy atom. The second kappa shape index (κ2) is 7.70. The molecule has 1 atom stereocenters. The Kier molecular flexibility index (Phi) is 6.58. The third-order valence-electron chi connectivity index (χ3n) is 4.02. The molecule has 1 unspecified atom stereocenters. The van der Waals surface area contributed by atoms with Gasteiger partial charge in [-0.3, -0.25) is 9.59 Å². The van der Waals surface area contributed by atoms with Gasteiger partial charge in [-0.2, -0.15) is 0 Å². The molecule has 19 heavy (non-hydrogen) atoms. The summed E-state index contributed by atoms with van der Waals surface area (Å²) in [6, 6.07) is 0.0199. The third-order valence-corrected chi connectivity index (χ3v) is 4.02. The predicted octanol–water partition coefficient (Wildman–Crippen LogP) is 0.664. The number of rotatable bonds is 3. The highest BCUT2D eigenvalue weighted by atomic mass is 35.5. The van der Waals surface area contributed by atoms with E-state index >= 15 is 0 Å². The Bertz CT molecular complexity index is 311. The lowest BCUT2D eigenvalue weighted by Gasteiger charge is -2.35. The van der Waals surface area contributed by atoms with Gasteiger partial charge in [-0.1, -0.05) is 6.42 Å². The van der Waals surface area contributed by atoms with Crippen molar-refractivity contribution in [3.05, 3.63) is 0 Å². The van der Waals surface area contributed by atoms with Crippen LogP contribution in [0.3, 0.4) is 0 Å². The van der Waals surface area contributed by atoms with Gasteiger partial charge in [0.2, 0.25) is 11.8 Å². The monoisotopic (exact) mass is 289 g/mol. The van der Waals surface area contributed by atoms with Crippen molar-refractivity contribution in [1.82, 2.24) is 10.2 Å². The summed E-state index contributed by atoms with van der Waals surface area (Å²) in [7, 11) is 0. The summed E-state index contributed by atoms with van der Waals surface area (Å²) < 4.78 is 0. The number of hydrogen-bond donors (Lipinski definition) is 2. The first-order chi connectivity index (χ1) is 8.66. The van der Waals surface area contributed by atoms with Crippen LogP contribution in [0.4, 0.5) is 0 Å². The first-order valence-corrected chi connectivity index (χ1v) is 6.97. The first-order valence-electron chi connectivity index (χ1n) is 6.97. The number of likely N-dealkylation sites (tertiary alicyclic amines) is 1. The number of primary amides is 1. The number of halogens is 1. The number of nitrogens with zero attached hydrogens (tertiary/aromatic N) is 1. The van der Waals surface area contributed by atoms with E-state index < -0.39 is 0 Å². The van der Waals surface area contributed by atoms with Crippen LogP contribution in [0.1, 0.15) is 38.5 Å². The standard InChI is InChI=1S/C13H23N3O2.ClH/c14-12(17)9-10-4-7-16(8-5-10)13(18)11-3-1-2-6-15-11;/h10-11,15H,1-9H2,(H2,14,17);1H. The number of nitrogens with two attached hydrogens (primary N) is 1. The fourth-order valence-corrected chi connectivity index (χ4v) is 2.92. The molecule has 0 spiro atoms. The van der Waals surface area contributed by atoms with Gasteiger partial charge in [-0.15, -0.1) is 12.4 Å². The minimum atomic E-state index is -0.228. The summed E-state index contributed by atoms with van der Waals surface area (Å²) in [5, 5.41) is 3.29. The molecule has 2 amide bonds. The van der Waals surface area contributed by atoms with Crippen molar-refractivity contribution in [2.24, 2.45) is 11.7 Å². The molecule has 2 aliphatic rings. The number of piperidine rings is 2. The van der Waals surface area contributed by atoms with Crippen LogP contribution in [0.25, 0.3) is 0 Å². The predicted molar refractivity (Wildman–Crippen MR) is 76.0 cm³/mol. The summed E-state index contributed by atoms with van der Waals surface area (Å²) in [6.07, 6.45) is 5.54. The van der Waals surface area contributed by atoms with Crippen molar-refractivity contribution in [3.8, 4) is 0 Å². The zero-order valence-corrected chi connectivity index (χ0v) is 12.1. The molecule has 0 aromatic heterocycles. The molecule has 0 aromatic rings. The molecule has 2 saturated heterocycles. The first kappa shape index (κ1) is 16.2. The van der Waals surface area contributed by atoms with Gasteiger partial charge in [-0.25, -0.2) is 0 Å². The molecule has 0 radical (unpaired) electrons. The van der Waals surface area contributed by atoms with E-state index in [1.54, 1.807) is 0 Å². The van der Waals surface area contributed by atoms with E-state index in [1.807, 2.05) is 4.90 Å². The molecule has 3 N–H and O–H groups in total. The normalized spacial score (nSPS) is 24.6. The maximum absolute atomic E-state index is 12.3. The molecule has 0 aromatic carbocycles. The zero-order chi connectivity index (χ0) is 13.0. The van der Waals surface area contributed by atoms with E-state index in [1.165, 1.54) is 6.42 Å². The molecule has 5 nitrogen and oxygen atoms in total. The molecule has 0 aliphatic carbocycles. The summed E-state index contributed by atoms with van der Waals surface area (Å²) >= 11 is 0. The van der Waals surface area contributed by atoms with Crippen LogP contribution in [0.5, 0.6) is 0 Å². The number of carbonyl (C=O) groups excluding carboxylic acids is 2. The van der Waals surface area contributed by atoms with Crippen molar-refractivity contribution in [2.75, 3.05) is 19.6 Å². The number of hydrogen-bond acceptors (Lipinski definition) is 3. The number of amides is 2. The van der Waals surface area contributed by atoms with E-state index in [9.17, 15) is 9.59 Å². The Labute approximate surface area is 120 Å². The Hall–Kier alpha value is -0.810. The smallest absolute Gasteiger partial charge is 0.239 e. The maximum atomic E-state index is 12.3. The van der Waals surface area contributed by atoms with Gasteiger partial charge >= 0.3 is 0 Å². The largest absolute Gasteiger partial charge is 0.370 e. The van der Waals surface area contributed by atoms with Crippen molar-refractivity contribution in [1.29, 1.82) is 0 Å². The molecule has 2 fully saturated rings. The lowest BCUT2D eigenvalue weighted by Crippen LogP contribution is -2.50. The SMILES string of the molecule is Cl.NC(=O)CC1CCN(C(=O)C2CCCCN2)CC1. The fourth-order valence-electron chi connectivity index (χ4n) is 2.92. The second-order valence-electron chi connectivity index (χ2n) is 5.44. The minimum absolute atomic E-state index is 0. The van der Waals surface area contributed by atoms with Gasteiger partial charge < -0.3 is 16.0 Å². The maximum Gasteiger partial charge on any atom is 0.239 e. The summed E-state index contributed by atoms with van der Waals surface area (Å²) in [5.74, 6) is 0.381. The Morgan fingerprint density at radius 2 is 1.84 bits per heavy atom. The highest BCUT2D eigenvalue weighted by Crippen LogP contribution is 2.21. The van der Waals surface area contributed by atoms with Gasteiger partial charge in [0.25, 0.3) is 0 Å². The molecule has 6 heteroatoms. The van der Waals surface area contributed by atoms with Gasteiger partial charge in [-0.05, 0) is 38.1 Å².